The van der Waals surface area contributed by atoms with E-state index in [1.54, 1.807) is 0 Å². The van der Waals surface area contributed by atoms with Crippen molar-refractivity contribution in [3.8, 4) is 0 Å². The van der Waals surface area contributed by atoms with Crippen LogP contribution in [0, 0.1) is 5.41 Å². The quantitative estimate of drug-likeness (QED) is 0.562. The van der Waals surface area contributed by atoms with E-state index in [9.17, 15) is 14.4 Å². The number of hydrogen-bond acceptors (Lipinski definition) is 6. The Kier molecular flexibility index (Phi) is 5.24. The molecule has 1 amide bonds. The Labute approximate surface area is 117 Å². The zero-order valence-electron chi connectivity index (χ0n) is 12.1. The van der Waals surface area contributed by atoms with Crippen LogP contribution in [0.1, 0.15) is 33.1 Å². The molecule has 7 heteroatoms. The monoisotopic (exact) mass is 285 g/mol. The molecule has 0 fully saturated rings. The van der Waals surface area contributed by atoms with E-state index in [1.165, 1.54) is 0 Å². The Bertz CT molecular complexity index is 428. The molecule has 1 heterocycles. The van der Waals surface area contributed by atoms with Gasteiger partial charge in [0, 0.05) is 12.8 Å². The van der Waals surface area contributed by atoms with Crippen LogP contribution in [0.5, 0.6) is 0 Å². The topological polar surface area (TPSA) is 91.3 Å². The van der Waals surface area contributed by atoms with E-state index in [0.717, 1.165) is 20.6 Å². The maximum absolute atomic E-state index is 11.6. The van der Waals surface area contributed by atoms with Gasteiger partial charge in [0.25, 0.3) is 6.10 Å². The molecule has 1 aliphatic heterocycles. The molecule has 1 aliphatic rings. The Balaban J connectivity index is 2.90. The lowest BCUT2D eigenvalue weighted by molar-refractivity contribution is -0.164. The molecule has 20 heavy (non-hydrogen) atoms. The normalized spacial score (nSPS) is 22.2. The van der Waals surface area contributed by atoms with Gasteiger partial charge in [-0.15, -0.1) is 0 Å². The summed E-state index contributed by atoms with van der Waals surface area (Å²) in [6, 6.07) is 0. The molecule has 0 saturated carbocycles. The van der Waals surface area contributed by atoms with E-state index >= 15 is 0 Å². The highest BCUT2D eigenvalue weighted by Gasteiger charge is 2.37. The number of hydrogen-bond donors (Lipinski definition) is 0. The largest absolute Gasteiger partial charge is 0.466 e. The van der Waals surface area contributed by atoms with E-state index in [0.29, 0.717) is 12.8 Å². The van der Waals surface area contributed by atoms with E-state index in [2.05, 4.69) is 14.5 Å². The molecule has 0 N–H and O–H groups in total. The first-order valence-corrected chi connectivity index (χ1v) is 6.28. The molecule has 0 aromatic rings. The molecule has 7 nitrogen and oxygen atoms in total. The van der Waals surface area contributed by atoms with Crippen LogP contribution in [0.4, 0.5) is 0 Å². The van der Waals surface area contributed by atoms with Crippen molar-refractivity contribution in [2.75, 3.05) is 14.2 Å². The average molecular weight is 285 g/mol. The van der Waals surface area contributed by atoms with Gasteiger partial charge in [0.1, 0.15) is 0 Å². The minimum Gasteiger partial charge on any atom is -0.466 e. The van der Waals surface area contributed by atoms with Crippen LogP contribution < -0.4 is 0 Å². The Morgan fingerprint density at radius 2 is 1.80 bits per heavy atom. The smallest absolute Gasteiger partial charge is 0.359 e. The second kappa shape index (κ2) is 6.49. The summed E-state index contributed by atoms with van der Waals surface area (Å²) in [4.78, 5) is 38.4. The fraction of sp³-hybridized carbons (Fsp3) is 0.692. The number of methoxy groups -OCH3 is 2. The third-order valence-corrected chi connectivity index (χ3v) is 3.34. The highest BCUT2D eigenvalue weighted by molar-refractivity contribution is 6.02. The summed E-state index contributed by atoms with van der Waals surface area (Å²) in [5.41, 5.74) is -0.287. The minimum atomic E-state index is -1.56. The van der Waals surface area contributed by atoms with Gasteiger partial charge in [-0.05, 0) is 11.8 Å². The number of amides is 1. The molecule has 0 aliphatic carbocycles. The molecule has 1 unspecified atom stereocenters. The Morgan fingerprint density at radius 3 is 2.25 bits per heavy atom. The molecule has 112 valence electrons. The zero-order valence-corrected chi connectivity index (χ0v) is 12.1. The number of ether oxygens (including phenoxy) is 3. The summed E-state index contributed by atoms with van der Waals surface area (Å²) >= 11 is 0. The summed E-state index contributed by atoms with van der Waals surface area (Å²) < 4.78 is 14.2. The summed E-state index contributed by atoms with van der Waals surface area (Å²) in [5, 5.41) is 0. The van der Waals surface area contributed by atoms with Crippen molar-refractivity contribution >= 4 is 23.7 Å². The lowest BCUT2D eigenvalue weighted by Crippen LogP contribution is -2.39. The number of nitrogens with zero attached hydrogens (tertiary/aromatic N) is 1. The second-order valence-electron chi connectivity index (χ2n) is 4.96. The molecule has 0 saturated heterocycles. The summed E-state index contributed by atoms with van der Waals surface area (Å²) in [6.07, 6.45) is -0.116. The third-order valence-electron chi connectivity index (χ3n) is 3.34. The summed E-state index contributed by atoms with van der Waals surface area (Å²) in [7, 11) is 2.26. The van der Waals surface area contributed by atoms with Crippen molar-refractivity contribution in [1.82, 2.24) is 0 Å². The lowest BCUT2D eigenvalue weighted by Gasteiger charge is -2.31. The molecule has 0 radical (unpaired) electrons. The van der Waals surface area contributed by atoms with Crippen molar-refractivity contribution in [2.45, 2.75) is 39.2 Å². The zero-order chi connectivity index (χ0) is 15.3. The van der Waals surface area contributed by atoms with E-state index < -0.39 is 18.0 Å². The van der Waals surface area contributed by atoms with Crippen molar-refractivity contribution < 1.29 is 28.6 Å². The second-order valence-corrected chi connectivity index (χ2v) is 4.96. The third kappa shape index (κ3) is 3.79. The van der Waals surface area contributed by atoms with Crippen LogP contribution in [0.2, 0.25) is 0 Å². The van der Waals surface area contributed by atoms with Gasteiger partial charge in [0.15, 0.2) is 5.90 Å². The predicted molar refractivity (Wildman–Crippen MR) is 69.0 cm³/mol. The molecule has 0 aromatic heterocycles. The summed E-state index contributed by atoms with van der Waals surface area (Å²) in [6.45, 7) is 3.88. The van der Waals surface area contributed by atoms with E-state index in [-0.39, 0.29) is 17.2 Å². The molecule has 0 bridgehead atoms. The molecular formula is C13H19NO6. The molecule has 1 rings (SSSR count). The first-order valence-electron chi connectivity index (χ1n) is 6.28. The van der Waals surface area contributed by atoms with Crippen LogP contribution in [-0.2, 0) is 28.6 Å². The fourth-order valence-corrected chi connectivity index (χ4v) is 1.87. The SMILES string of the molecule is CCC1(C)CC(=O)N=C(OC(C(=O)OC)C(=O)OC)C1. The van der Waals surface area contributed by atoms with Gasteiger partial charge in [0.05, 0.1) is 14.2 Å². The minimum absolute atomic E-state index is 0.0615. The molecule has 0 spiro atoms. The fourth-order valence-electron chi connectivity index (χ4n) is 1.87. The first-order chi connectivity index (χ1) is 9.35. The Hall–Kier alpha value is -1.92. The maximum Gasteiger partial charge on any atom is 0.359 e. The summed E-state index contributed by atoms with van der Waals surface area (Å²) in [5.74, 6) is -2.05. The van der Waals surface area contributed by atoms with Crippen molar-refractivity contribution in [3.63, 3.8) is 0 Å². The van der Waals surface area contributed by atoms with E-state index in [1.807, 2.05) is 13.8 Å². The number of carbonyl (C=O) groups is 3. The molecular weight excluding hydrogens is 266 g/mol. The van der Waals surface area contributed by atoms with Gasteiger partial charge in [-0.1, -0.05) is 13.8 Å². The van der Waals surface area contributed by atoms with Crippen molar-refractivity contribution in [2.24, 2.45) is 10.4 Å². The molecule has 0 aromatic carbocycles. The maximum atomic E-state index is 11.6. The van der Waals surface area contributed by atoms with Crippen molar-refractivity contribution in [1.29, 1.82) is 0 Å². The van der Waals surface area contributed by atoms with Crippen LogP contribution in [-0.4, -0.2) is 44.1 Å². The van der Waals surface area contributed by atoms with Crippen LogP contribution >= 0.6 is 0 Å². The predicted octanol–water partition coefficient (Wildman–Crippen LogP) is 0.853. The van der Waals surface area contributed by atoms with Crippen LogP contribution in [0.15, 0.2) is 4.99 Å². The van der Waals surface area contributed by atoms with Crippen LogP contribution in [0.25, 0.3) is 0 Å². The highest BCUT2D eigenvalue weighted by Crippen LogP contribution is 2.34. The van der Waals surface area contributed by atoms with Gasteiger partial charge in [-0.25, -0.2) is 9.59 Å². The van der Waals surface area contributed by atoms with Gasteiger partial charge in [-0.3, -0.25) is 4.79 Å². The number of carbonyl (C=O) groups excluding carboxylic acids is 3. The van der Waals surface area contributed by atoms with Gasteiger partial charge in [0.2, 0.25) is 5.91 Å². The van der Waals surface area contributed by atoms with Gasteiger partial charge < -0.3 is 14.2 Å². The first kappa shape index (κ1) is 16.1. The number of rotatable bonds is 4. The highest BCUT2D eigenvalue weighted by atomic mass is 16.6. The standard InChI is InChI=1S/C13H19NO6/c1-5-13(2)6-8(15)14-9(7-13)20-10(11(16)18-3)12(17)19-4/h10H,5-7H2,1-4H3. The van der Waals surface area contributed by atoms with E-state index in [4.69, 9.17) is 4.74 Å². The number of esters is 2. The van der Waals surface area contributed by atoms with Gasteiger partial charge in [-0.2, -0.15) is 4.99 Å². The van der Waals surface area contributed by atoms with Crippen LogP contribution in [0.3, 0.4) is 0 Å². The van der Waals surface area contributed by atoms with Gasteiger partial charge >= 0.3 is 11.9 Å². The Morgan fingerprint density at radius 1 is 1.25 bits per heavy atom. The lowest BCUT2D eigenvalue weighted by atomic mass is 9.79. The average Bonchev–Trinajstić information content (AvgIpc) is 2.42. The number of aliphatic imine (C=N–C) groups is 1. The van der Waals surface area contributed by atoms with Crippen molar-refractivity contribution in [3.05, 3.63) is 0 Å². The molecule has 1 atom stereocenters.